The molecular weight excluding hydrogens is 321 g/mol. The quantitative estimate of drug-likeness (QED) is 0.804. The first-order valence-electron chi connectivity index (χ1n) is 6.99. The van der Waals surface area contributed by atoms with Gasteiger partial charge < -0.3 is 14.4 Å². The monoisotopic (exact) mass is 337 g/mol. The van der Waals surface area contributed by atoms with Gasteiger partial charge in [-0.05, 0) is 36.2 Å². The lowest BCUT2D eigenvalue weighted by molar-refractivity contribution is 0.326. The summed E-state index contributed by atoms with van der Waals surface area (Å²) in [6.07, 6.45) is 3.75. The summed E-state index contributed by atoms with van der Waals surface area (Å²) in [5.74, 6) is 0.892. The van der Waals surface area contributed by atoms with Crippen molar-refractivity contribution in [2.45, 2.75) is 13.0 Å². The summed E-state index contributed by atoms with van der Waals surface area (Å²) in [6, 6.07) is 7.89. The van der Waals surface area contributed by atoms with E-state index >= 15 is 0 Å². The minimum absolute atomic E-state index is 0.0972. The van der Waals surface area contributed by atoms with E-state index in [1.165, 1.54) is 0 Å². The second-order valence-electron chi connectivity index (χ2n) is 5.34. The Morgan fingerprint density at radius 1 is 1.18 bits per heavy atom. The minimum atomic E-state index is 0.0972. The third kappa shape index (κ3) is 3.05. The van der Waals surface area contributed by atoms with Crippen LogP contribution in [0.25, 0.3) is 0 Å². The van der Waals surface area contributed by atoms with Crippen molar-refractivity contribution in [2.24, 2.45) is 12.0 Å². The summed E-state index contributed by atoms with van der Waals surface area (Å²) in [6.45, 7) is 3.26. The zero-order chi connectivity index (χ0) is 15.7. The Kier molecular flexibility index (Phi) is 4.27. The maximum atomic E-state index is 6.31. The molecule has 1 atom stereocenters. The molecule has 0 aliphatic carbocycles. The highest BCUT2D eigenvalue weighted by Gasteiger charge is 2.25. The van der Waals surface area contributed by atoms with Gasteiger partial charge in [0.25, 0.3) is 0 Å². The normalized spacial score (nSPS) is 16.6. The van der Waals surface area contributed by atoms with Crippen molar-refractivity contribution >= 4 is 34.3 Å². The third-order valence-electron chi connectivity index (χ3n) is 3.77. The first-order chi connectivity index (χ1) is 10.5. The Labute approximate surface area is 139 Å². The number of amidine groups is 1. The van der Waals surface area contributed by atoms with Crippen molar-refractivity contribution in [3.8, 4) is 0 Å². The second kappa shape index (κ2) is 6.18. The van der Waals surface area contributed by atoms with E-state index in [4.69, 9.17) is 23.2 Å². The molecule has 2 aromatic rings. The fraction of sp³-hybridized carbons (Fsp3) is 0.333. The Hall–Kier alpha value is -1.72. The lowest BCUT2D eigenvalue weighted by atomic mass is 10.1. The van der Waals surface area contributed by atoms with Crippen LogP contribution < -0.4 is 4.90 Å². The van der Waals surface area contributed by atoms with Crippen molar-refractivity contribution in [3.63, 3.8) is 0 Å². The van der Waals surface area contributed by atoms with E-state index in [1.54, 1.807) is 6.33 Å². The van der Waals surface area contributed by atoms with Crippen LogP contribution in [0.3, 0.4) is 0 Å². The maximum absolute atomic E-state index is 6.31. The molecule has 0 spiro atoms. The molecule has 3 rings (SSSR count). The van der Waals surface area contributed by atoms with Gasteiger partial charge in [0.15, 0.2) is 5.29 Å². The number of halogens is 2. The van der Waals surface area contributed by atoms with Crippen LogP contribution >= 0.6 is 23.2 Å². The van der Waals surface area contributed by atoms with E-state index in [9.17, 15) is 0 Å². The van der Waals surface area contributed by atoms with Gasteiger partial charge >= 0.3 is 0 Å². The van der Waals surface area contributed by atoms with E-state index in [2.05, 4.69) is 21.8 Å². The molecule has 0 N–H and O–H groups in total. The highest BCUT2D eigenvalue weighted by molar-refractivity contribution is 6.64. The zero-order valence-corrected chi connectivity index (χ0v) is 14.0. The molecule has 0 saturated carbocycles. The average Bonchev–Trinajstić information content (AvgIpc) is 2.94. The molecule has 1 aliphatic heterocycles. The summed E-state index contributed by atoms with van der Waals surface area (Å²) in [5, 5.41) is 1.25. The number of rotatable bonds is 3. The summed E-state index contributed by atoms with van der Waals surface area (Å²) in [7, 11) is 1.95. The number of aryl methyl sites for hydroxylation is 1. The highest BCUT2D eigenvalue weighted by Crippen LogP contribution is 2.26. The van der Waals surface area contributed by atoms with Crippen molar-refractivity contribution < 1.29 is 0 Å². The number of nitrogens with zero attached hydrogens (tertiary/aromatic N) is 5. The highest BCUT2D eigenvalue weighted by atomic mass is 35.5. The standard InChI is InChI=1S/C15H17Cl2N5/c1-11(12-3-5-13(16)6-4-12)22-10-21(9-19-15(22)17)14-7-20(2)8-18-14/h3-8,11H,9-10H2,1-2H3/t11-/m0/s1. The smallest absolute Gasteiger partial charge is 0.197 e. The molecule has 5 nitrogen and oxygen atoms in total. The second-order valence-corrected chi connectivity index (χ2v) is 6.12. The number of imidazole rings is 1. The molecule has 7 heteroatoms. The maximum Gasteiger partial charge on any atom is 0.197 e. The zero-order valence-electron chi connectivity index (χ0n) is 12.4. The first-order valence-corrected chi connectivity index (χ1v) is 7.75. The fourth-order valence-corrected chi connectivity index (χ4v) is 2.81. The van der Waals surface area contributed by atoms with Crippen LogP contribution in [0.4, 0.5) is 5.82 Å². The van der Waals surface area contributed by atoms with E-state index in [1.807, 2.05) is 47.0 Å². The molecule has 0 bridgehead atoms. The number of hydrogen-bond donors (Lipinski definition) is 0. The van der Waals surface area contributed by atoms with Crippen molar-refractivity contribution in [3.05, 3.63) is 47.4 Å². The summed E-state index contributed by atoms with van der Waals surface area (Å²) in [5.41, 5.74) is 1.14. The van der Waals surface area contributed by atoms with Gasteiger partial charge in [-0.15, -0.1) is 0 Å². The van der Waals surface area contributed by atoms with Crippen molar-refractivity contribution in [1.82, 2.24) is 14.5 Å². The summed E-state index contributed by atoms with van der Waals surface area (Å²) < 4.78 is 1.92. The van der Waals surface area contributed by atoms with E-state index < -0.39 is 0 Å². The number of benzene rings is 1. The topological polar surface area (TPSA) is 36.7 Å². The van der Waals surface area contributed by atoms with Crippen molar-refractivity contribution in [2.75, 3.05) is 18.2 Å². The lowest BCUT2D eigenvalue weighted by Crippen LogP contribution is -2.45. The molecule has 1 aromatic carbocycles. The molecule has 0 amide bonds. The van der Waals surface area contributed by atoms with Gasteiger partial charge in [0.1, 0.15) is 12.5 Å². The van der Waals surface area contributed by atoms with Gasteiger partial charge in [-0.2, -0.15) is 0 Å². The lowest BCUT2D eigenvalue weighted by Gasteiger charge is -2.37. The molecule has 0 saturated heterocycles. The summed E-state index contributed by atoms with van der Waals surface area (Å²) in [4.78, 5) is 12.9. The molecule has 0 fully saturated rings. The molecule has 0 radical (unpaired) electrons. The van der Waals surface area contributed by atoms with E-state index in [0.29, 0.717) is 18.6 Å². The number of anilines is 1. The van der Waals surface area contributed by atoms with E-state index in [-0.39, 0.29) is 6.04 Å². The van der Waals surface area contributed by atoms with Gasteiger partial charge in [-0.3, -0.25) is 0 Å². The molecule has 0 unspecified atom stereocenters. The molecule has 1 aromatic heterocycles. The molecule has 116 valence electrons. The Bertz CT molecular complexity index is 679. The first kappa shape index (κ1) is 15.2. The van der Waals surface area contributed by atoms with Crippen LogP contribution in [0.2, 0.25) is 5.02 Å². The predicted octanol–water partition coefficient (Wildman–Crippen LogP) is 3.47. The van der Waals surface area contributed by atoms with Crippen LogP contribution in [0, 0.1) is 0 Å². The Morgan fingerprint density at radius 3 is 2.55 bits per heavy atom. The van der Waals surface area contributed by atoms with E-state index in [0.717, 1.165) is 16.4 Å². The van der Waals surface area contributed by atoms with Gasteiger partial charge in [0.05, 0.1) is 19.0 Å². The van der Waals surface area contributed by atoms with Gasteiger partial charge in [-0.25, -0.2) is 9.98 Å². The van der Waals surface area contributed by atoms with Crippen LogP contribution in [-0.4, -0.2) is 33.1 Å². The van der Waals surface area contributed by atoms with Crippen LogP contribution in [0.15, 0.2) is 41.8 Å². The molecule has 22 heavy (non-hydrogen) atoms. The average molecular weight is 338 g/mol. The largest absolute Gasteiger partial charge is 0.338 e. The van der Waals surface area contributed by atoms with Gasteiger partial charge in [-0.1, -0.05) is 23.7 Å². The van der Waals surface area contributed by atoms with Crippen LogP contribution in [0.5, 0.6) is 0 Å². The summed E-state index contributed by atoms with van der Waals surface area (Å²) >= 11 is 12.3. The molecule has 1 aliphatic rings. The number of aromatic nitrogens is 2. The third-order valence-corrected chi connectivity index (χ3v) is 4.36. The van der Waals surface area contributed by atoms with Crippen molar-refractivity contribution in [1.29, 1.82) is 0 Å². The minimum Gasteiger partial charge on any atom is -0.338 e. The van der Waals surface area contributed by atoms with Gasteiger partial charge in [0.2, 0.25) is 0 Å². The molecule has 2 heterocycles. The number of hydrogen-bond acceptors (Lipinski definition) is 4. The predicted molar refractivity (Wildman–Crippen MR) is 90.4 cm³/mol. The Balaban J connectivity index is 1.81. The SMILES string of the molecule is C[C@@H](c1ccc(Cl)cc1)N1CN(c2cn(C)cn2)CN=C1Cl. The Morgan fingerprint density at radius 2 is 1.91 bits per heavy atom. The van der Waals surface area contributed by atoms with Crippen LogP contribution in [0.1, 0.15) is 18.5 Å². The molecular formula is C15H17Cl2N5. The van der Waals surface area contributed by atoms with Gasteiger partial charge in [0, 0.05) is 18.3 Å². The fourth-order valence-electron chi connectivity index (χ4n) is 2.43. The van der Waals surface area contributed by atoms with Crippen LogP contribution in [-0.2, 0) is 7.05 Å². The number of aliphatic imine (C=N–C) groups is 1.